The highest BCUT2D eigenvalue weighted by Crippen LogP contribution is 2.18. The minimum Gasteiger partial charge on any atom is -0.399 e. The van der Waals surface area contributed by atoms with E-state index in [1.54, 1.807) is 0 Å². The third-order valence-corrected chi connectivity index (χ3v) is 3.41. The zero-order chi connectivity index (χ0) is 13.0. The van der Waals surface area contributed by atoms with Gasteiger partial charge >= 0.3 is 0 Å². The summed E-state index contributed by atoms with van der Waals surface area (Å²) in [5.41, 5.74) is 7.69. The molecule has 0 atom stereocenters. The molecule has 1 fully saturated rings. The number of nitrogens with one attached hydrogen (secondary N) is 1. The summed E-state index contributed by atoms with van der Waals surface area (Å²) in [5.74, 6) is 1.50. The van der Waals surface area contributed by atoms with Gasteiger partial charge in [-0.05, 0) is 43.0 Å². The average Bonchev–Trinajstić information content (AvgIpc) is 2.34. The van der Waals surface area contributed by atoms with Gasteiger partial charge in [0.1, 0.15) is 0 Å². The summed E-state index contributed by atoms with van der Waals surface area (Å²) >= 11 is 0. The number of nitrogens with two attached hydrogens (primary N) is 1. The van der Waals surface area contributed by atoms with Crippen molar-refractivity contribution in [3.05, 3.63) is 30.2 Å². The molecule has 99 valence electrons. The topological polar surface area (TPSA) is 41.3 Å². The van der Waals surface area contributed by atoms with Crippen molar-refractivity contribution in [1.82, 2.24) is 4.90 Å². The summed E-state index contributed by atoms with van der Waals surface area (Å²) in [7, 11) is 0. The average molecular weight is 246 g/mol. The van der Waals surface area contributed by atoms with Gasteiger partial charge in [0.2, 0.25) is 0 Å². The summed E-state index contributed by atoms with van der Waals surface area (Å²) in [4.78, 5) is 2.54. The van der Waals surface area contributed by atoms with Crippen LogP contribution in [0.25, 0.3) is 0 Å². The summed E-state index contributed by atoms with van der Waals surface area (Å²) in [5, 5.41) is 3.59. The minimum absolute atomic E-state index is 0.599. The highest BCUT2D eigenvalue weighted by molar-refractivity contribution is 5.51. The van der Waals surface area contributed by atoms with Crippen molar-refractivity contribution in [2.75, 3.05) is 30.7 Å². The minimum atomic E-state index is 0.599. The first-order valence-electron chi connectivity index (χ1n) is 6.77. The number of likely N-dealkylation sites (tertiary alicyclic amines) is 1. The molecule has 1 radical (unpaired) electrons. The Hall–Kier alpha value is -1.22. The van der Waals surface area contributed by atoms with Crippen LogP contribution in [0, 0.1) is 5.92 Å². The third kappa shape index (κ3) is 3.91. The summed E-state index contributed by atoms with van der Waals surface area (Å²) in [6.45, 7) is 7.95. The zero-order valence-corrected chi connectivity index (χ0v) is 11.4. The highest BCUT2D eigenvalue weighted by atomic mass is 15.1. The molecule has 3 nitrogen and oxygen atoms in total. The Morgan fingerprint density at radius 2 is 1.83 bits per heavy atom. The molecule has 1 heterocycles. The van der Waals surface area contributed by atoms with Crippen molar-refractivity contribution in [1.29, 1.82) is 0 Å². The van der Waals surface area contributed by atoms with Crippen LogP contribution < -0.4 is 11.1 Å². The monoisotopic (exact) mass is 246 g/mol. The van der Waals surface area contributed by atoms with E-state index in [2.05, 4.69) is 36.2 Å². The Morgan fingerprint density at radius 3 is 2.39 bits per heavy atom. The fraction of sp³-hybridized carbons (Fsp3) is 0.533. The Bertz CT molecular complexity index is 351. The van der Waals surface area contributed by atoms with Gasteiger partial charge in [0, 0.05) is 37.1 Å². The van der Waals surface area contributed by atoms with Gasteiger partial charge < -0.3 is 16.0 Å². The molecule has 1 aliphatic rings. The van der Waals surface area contributed by atoms with Crippen molar-refractivity contribution in [3.8, 4) is 0 Å². The van der Waals surface area contributed by atoms with E-state index in [-0.39, 0.29) is 0 Å². The molecule has 0 saturated carbocycles. The Morgan fingerprint density at radius 1 is 1.22 bits per heavy atom. The summed E-state index contributed by atoms with van der Waals surface area (Å²) in [6, 6.07) is 8.62. The van der Waals surface area contributed by atoms with Crippen LogP contribution in [0.3, 0.4) is 0 Å². The lowest BCUT2D eigenvalue weighted by Gasteiger charge is -2.33. The molecule has 3 N–H and O–H groups in total. The van der Waals surface area contributed by atoms with Crippen LogP contribution >= 0.6 is 0 Å². The molecule has 0 aliphatic carbocycles. The maximum atomic E-state index is 5.69. The predicted octanol–water partition coefficient (Wildman–Crippen LogP) is 2.76. The molecular formula is C15H24N3. The fourth-order valence-corrected chi connectivity index (χ4v) is 2.50. The molecule has 0 amide bonds. The number of benzene rings is 1. The molecular weight excluding hydrogens is 222 g/mol. The lowest BCUT2D eigenvalue weighted by molar-refractivity contribution is 0.227. The second-order valence-corrected chi connectivity index (χ2v) is 5.52. The molecule has 0 aromatic heterocycles. The SMILES string of the molecule is C[C](C)CN1CCC(Nc2ccc(N)cc2)CC1. The van der Waals surface area contributed by atoms with Crippen LogP contribution in [0.15, 0.2) is 24.3 Å². The van der Waals surface area contributed by atoms with Gasteiger partial charge in [-0.25, -0.2) is 0 Å². The molecule has 0 unspecified atom stereocenters. The van der Waals surface area contributed by atoms with E-state index in [1.165, 1.54) is 37.5 Å². The first kappa shape index (κ1) is 13.2. The number of nitrogens with zero attached hydrogens (tertiary/aromatic N) is 1. The number of hydrogen-bond donors (Lipinski definition) is 2. The summed E-state index contributed by atoms with van der Waals surface area (Å²) < 4.78 is 0. The smallest absolute Gasteiger partial charge is 0.0343 e. The largest absolute Gasteiger partial charge is 0.399 e. The van der Waals surface area contributed by atoms with E-state index in [4.69, 9.17) is 5.73 Å². The van der Waals surface area contributed by atoms with Crippen LogP contribution in [0.5, 0.6) is 0 Å². The Balaban J connectivity index is 1.78. The van der Waals surface area contributed by atoms with E-state index in [1.807, 2.05) is 12.1 Å². The second-order valence-electron chi connectivity index (χ2n) is 5.52. The third-order valence-electron chi connectivity index (χ3n) is 3.41. The van der Waals surface area contributed by atoms with Crippen LogP contribution in [-0.2, 0) is 0 Å². The second kappa shape index (κ2) is 6.10. The van der Waals surface area contributed by atoms with Gasteiger partial charge in [0.15, 0.2) is 0 Å². The van der Waals surface area contributed by atoms with Crippen LogP contribution in [0.2, 0.25) is 0 Å². The first-order valence-corrected chi connectivity index (χ1v) is 6.77. The fourth-order valence-electron chi connectivity index (χ4n) is 2.50. The molecule has 0 spiro atoms. The molecule has 1 saturated heterocycles. The van der Waals surface area contributed by atoms with Crippen LogP contribution in [0.4, 0.5) is 11.4 Å². The van der Waals surface area contributed by atoms with Crippen molar-refractivity contribution < 1.29 is 0 Å². The number of rotatable bonds is 4. The van der Waals surface area contributed by atoms with E-state index >= 15 is 0 Å². The van der Waals surface area contributed by atoms with Crippen LogP contribution in [0.1, 0.15) is 26.7 Å². The van der Waals surface area contributed by atoms with Crippen molar-refractivity contribution in [2.24, 2.45) is 0 Å². The van der Waals surface area contributed by atoms with Crippen molar-refractivity contribution in [3.63, 3.8) is 0 Å². The predicted molar refractivity (Wildman–Crippen MR) is 78.5 cm³/mol. The van der Waals surface area contributed by atoms with Gasteiger partial charge in [-0.1, -0.05) is 13.8 Å². The molecule has 2 rings (SSSR count). The maximum absolute atomic E-state index is 5.69. The van der Waals surface area contributed by atoms with E-state index in [0.717, 1.165) is 12.2 Å². The number of piperidine rings is 1. The zero-order valence-electron chi connectivity index (χ0n) is 11.4. The normalized spacial score (nSPS) is 18.2. The Kier molecular flexibility index (Phi) is 4.48. The molecule has 18 heavy (non-hydrogen) atoms. The molecule has 1 aliphatic heterocycles. The van der Waals surface area contributed by atoms with Crippen molar-refractivity contribution in [2.45, 2.75) is 32.7 Å². The molecule has 3 heteroatoms. The lowest BCUT2D eigenvalue weighted by atomic mass is 10.0. The van der Waals surface area contributed by atoms with Crippen LogP contribution in [-0.4, -0.2) is 30.6 Å². The standard InChI is InChI=1S/C15H24N3/c1-12(2)11-18-9-7-15(8-10-18)17-14-5-3-13(16)4-6-14/h3-6,15,17H,7-11,16H2,1-2H3. The quantitative estimate of drug-likeness (QED) is 0.803. The van der Waals surface area contributed by atoms with Gasteiger partial charge in [-0.3, -0.25) is 0 Å². The summed E-state index contributed by atoms with van der Waals surface area (Å²) in [6.07, 6.45) is 2.44. The molecule has 1 aromatic carbocycles. The molecule has 1 aromatic rings. The number of hydrogen-bond acceptors (Lipinski definition) is 3. The first-order chi connectivity index (χ1) is 8.63. The van der Waals surface area contributed by atoms with Gasteiger partial charge in [-0.2, -0.15) is 0 Å². The maximum Gasteiger partial charge on any atom is 0.0343 e. The van der Waals surface area contributed by atoms with E-state index < -0.39 is 0 Å². The van der Waals surface area contributed by atoms with Gasteiger partial charge in [-0.15, -0.1) is 0 Å². The number of anilines is 2. The van der Waals surface area contributed by atoms with E-state index in [9.17, 15) is 0 Å². The molecule has 0 bridgehead atoms. The lowest BCUT2D eigenvalue weighted by Crippen LogP contribution is -2.40. The van der Waals surface area contributed by atoms with E-state index in [0.29, 0.717) is 6.04 Å². The van der Waals surface area contributed by atoms with Crippen molar-refractivity contribution >= 4 is 11.4 Å². The Labute approximate surface area is 110 Å². The van der Waals surface area contributed by atoms with Gasteiger partial charge in [0.05, 0.1) is 0 Å². The highest BCUT2D eigenvalue weighted by Gasteiger charge is 2.19. The number of nitrogen functional groups attached to an aromatic ring is 1. The van der Waals surface area contributed by atoms with Gasteiger partial charge in [0.25, 0.3) is 0 Å².